The van der Waals surface area contributed by atoms with Gasteiger partial charge in [-0.2, -0.15) is 0 Å². The average molecular weight is 412 g/mol. The van der Waals surface area contributed by atoms with Gasteiger partial charge in [-0.25, -0.2) is 14.2 Å². The highest BCUT2D eigenvalue weighted by Gasteiger charge is 2.26. The number of pyridine rings is 1. The van der Waals surface area contributed by atoms with Gasteiger partial charge in [-0.05, 0) is 42.5 Å². The van der Waals surface area contributed by atoms with E-state index >= 15 is 0 Å². The molecule has 0 aliphatic heterocycles. The summed E-state index contributed by atoms with van der Waals surface area (Å²) in [7, 11) is 0. The van der Waals surface area contributed by atoms with Gasteiger partial charge in [0.2, 0.25) is 0 Å². The van der Waals surface area contributed by atoms with Gasteiger partial charge in [0, 0.05) is 41.1 Å². The number of carbonyl (C=O) groups is 1. The zero-order valence-electron chi connectivity index (χ0n) is 16.2. The first-order valence-corrected chi connectivity index (χ1v) is 10.4. The number of fused-ring (bicyclic) bond motifs is 1. The van der Waals surface area contributed by atoms with Crippen LogP contribution in [0, 0.1) is 5.82 Å². The largest absolute Gasteiger partial charge is 0.478 e. The van der Waals surface area contributed by atoms with Crippen molar-refractivity contribution in [3.63, 3.8) is 0 Å². The number of thiazole rings is 1. The van der Waals surface area contributed by atoms with E-state index in [4.69, 9.17) is 5.11 Å². The van der Waals surface area contributed by atoms with Gasteiger partial charge in [0.05, 0.1) is 16.2 Å². The minimum Gasteiger partial charge on any atom is -0.478 e. The van der Waals surface area contributed by atoms with Crippen LogP contribution in [-0.4, -0.2) is 20.6 Å². The molecule has 2 heterocycles. The average Bonchev–Trinajstić information content (AvgIpc) is 3.40. The van der Waals surface area contributed by atoms with Gasteiger partial charge in [-0.1, -0.05) is 13.8 Å². The lowest BCUT2D eigenvalue weighted by atomic mass is 10.0. The monoisotopic (exact) mass is 412 g/mol. The van der Waals surface area contributed by atoms with Crippen molar-refractivity contribution in [2.45, 2.75) is 45.1 Å². The van der Waals surface area contributed by atoms with Gasteiger partial charge in [0.25, 0.3) is 0 Å². The van der Waals surface area contributed by atoms with Crippen LogP contribution in [0.5, 0.6) is 0 Å². The Kier molecular flexibility index (Phi) is 5.08. The van der Waals surface area contributed by atoms with Crippen LogP contribution >= 0.6 is 11.3 Å². The second-order valence-corrected chi connectivity index (χ2v) is 8.62. The molecule has 150 valence electrons. The number of aromatic nitrogens is 2. The predicted octanol–water partition coefficient (Wildman–Crippen LogP) is 4.74. The number of benzene rings is 1. The minimum absolute atomic E-state index is 0.250. The van der Waals surface area contributed by atoms with Crippen LogP contribution in [0.2, 0.25) is 0 Å². The van der Waals surface area contributed by atoms with Gasteiger partial charge in [-0.15, -0.1) is 11.3 Å². The Morgan fingerprint density at radius 1 is 1.41 bits per heavy atom. The molecule has 7 heteroatoms. The summed E-state index contributed by atoms with van der Waals surface area (Å²) in [4.78, 5) is 28.2. The topological polar surface area (TPSA) is 72.2 Å². The normalized spacial score (nSPS) is 14.3. The molecule has 0 saturated heterocycles. The maximum absolute atomic E-state index is 14.9. The van der Waals surface area contributed by atoms with Crippen LogP contribution in [0.3, 0.4) is 0 Å². The van der Waals surface area contributed by atoms with Crippen molar-refractivity contribution >= 4 is 34.3 Å². The van der Waals surface area contributed by atoms with Crippen LogP contribution in [0.4, 0.5) is 4.39 Å². The molecule has 0 amide bonds. The van der Waals surface area contributed by atoms with Gasteiger partial charge in [0.1, 0.15) is 5.82 Å². The van der Waals surface area contributed by atoms with Crippen molar-refractivity contribution in [1.29, 1.82) is 0 Å². The molecule has 2 aromatic heterocycles. The van der Waals surface area contributed by atoms with Crippen LogP contribution in [0.1, 0.15) is 60.5 Å². The summed E-state index contributed by atoms with van der Waals surface area (Å²) in [6.07, 6.45) is 6.23. The van der Waals surface area contributed by atoms with Crippen molar-refractivity contribution < 1.29 is 14.3 Å². The van der Waals surface area contributed by atoms with E-state index in [1.165, 1.54) is 23.5 Å². The van der Waals surface area contributed by atoms with Gasteiger partial charge in [0.15, 0.2) is 5.43 Å². The molecule has 1 aliphatic carbocycles. The van der Waals surface area contributed by atoms with E-state index in [1.807, 2.05) is 9.95 Å². The lowest BCUT2D eigenvalue weighted by Crippen LogP contribution is -2.13. The highest BCUT2D eigenvalue weighted by atomic mass is 32.1. The molecule has 1 aromatic carbocycles. The summed E-state index contributed by atoms with van der Waals surface area (Å²) in [5, 5.41) is 12.0. The highest BCUT2D eigenvalue weighted by molar-refractivity contribution is 7.09. The van der Waals surface area contributed by atoms with Gasteiger partial charge in [-0.3, -0.25) is 4.79 Å². The zero-order chi connectivity index (χ0) is 20.7. The Labute approximate surface area is 171 Å². The Balaban J connectivity index is 1.81. The minimum atomic E-state index is -1.13. The zero-order valence-corrected chi connectivity index (χ0v) is 17.0. The standard InChI is InChI=1S/C22H21FN2O3S/c1-12(2)18-11-29-20(24-18)8-14-7-19-16(9-17(14)23)22(28)13(3-6-21(26)27)10-25(19)15-4-5-15/h3,6-7,9-12,15H,4-5,8H2,1-2H3,(H,26,27). The van der Waals surface area contributed by atoms with E-state index < -0.39 is 11.8 Å². The van der Waals surface area contributed by atoms with Crippen LogP contribution in [0.15, 0.2) is 34.6 Å². The summed E-state index contributed by atoms with van der Waals surface area (Å²) in [6.45, 7) is 4.14. The predicted molar refractivity (Wildman–Crippen MR) is 112 cm³/mol. The number of hydrogen-bond acceptors (Lipinski definition) is 4. The summed E-state index contributed by atoms with van der Waals surface area (Å²) in [5.74, 6) is -1.26. The molecule has 0 unspecified atom stereocenters. The lowest BCUT2D eigenvalue weighted by molar-refractivity contribution is -0.131. The molecule has 1 aliphatic rings. The first-order valence-electron chi connectivity index (χ1n) is 9.56. The quantitative estimate of drug-likeness (QED) is 0.594. The fourth-order valence-electron chi connectivity index (χ4n) is 3.34. The maximum atomic E-state index is 14.9. The number of halogens is 1. The molecule has 29 heavy (non-hydrogen) atoms. The number of carboxylic acids is 1. The molecule has 1 saturated carbocycles. The second-order valence-electron chi connectivity index (χ2n) is 7.68. The van der Waals surface area contributed by atoms with Crippen molar-refractivity contribution in [1.82, 2.24) is 9.55 Å². The number of hydrogen-bond donors (Lipinski definition) is 1. The van der Waals surface area contributed by atoms with E-state index in [-0.39, 0.29) is 22.4 Å². The molecule has 0 bridgehead atoms. The summed E-state index contributed by atoms with van der Waals surface area (Å²) in [6, 6.07) is 3.27. The van der Waals surface area contributed by atoms with Crippen LogP contribution in [0.25, 0.3) is 17.0 Å². The van der Waals surface area contributed by atoms with E-state index in [1.54, 1.807) is 12.3 Å². The third-order valence-corrected chi connectivity index (χ3v) is 5.94. The third-order valence-electron chi connectivity index (χ3n) is 5.08. The van der Waals surface area contributed by atoms with E-state index in [2.05, 4.69) is 18.8 Å². The Hall–Kier alpha value is -2.80. The highest BCUT2D eigenvalue weighted by Crippen LogP contribution is 2.37. The Bertz CT molecular complexity index is 1190. The van der Waals surface area contributed by atoms with E-state index in [0.717, 1.165) is 29.6 Å². The number of carboxylic acid groups (broad SMARTS) is 1. The maximum Gasteiger partial charge on any atom is 0.328 e. The van der Waals surface area contributed by atoms with Gasteiger partial charge >= 0.3 is 5.97 Å². The number of aliphatic carboxylic acids is 1. The van der Waals surface area contributed by atoms with Crippen molar-refractivity contribution in [2.75, 3.05) is 0 Å². The molecular weight excluding hydrogens is 391 g/mol. The summed E-state index contributed by atoms with van der Waals surface area (Å²) < 4.78 is 16.8. The van der Waals surface area contributed by atoms with Gasteiger partial charge < -0.3 is 9.67 Å². The molecular formula is C22H21FN2O3S. The molecule has 4 rings (SSSR count). The summed E-state index contributed by atoms with van der Waals surface area (Å²) in [5.41, 5.74) is 2.07. The molecule has 0 radical (unpaired) electrons. The molecule has 1 N–H and O–H groups in total. The third kappa shape index (κ3) is 4.00. The van der Waals surface area contributed by atoms with E-state index in [9.17, 15) is 14.0 Å². The number of rotatable bonds is 6. The number of nitrogens with zero attached hydrogens (tertiary/aromatic N) is 2. The summed E-state index contributed by atoms with van der Waals surface area (Å²) >= 11 is 1.51. The SMILES string of the molecule is CC(C)c1csc(Cc2cc3c(cc2F)c(=O)c(C=CC(=O)O)cn3C2CC2)n1. The lowest BCUT2D eigenvalue weighted by Gasteiger charge is -2.13. The first-order chi connectivity index (χ1) is 13.8. The van der Waals surface area contributed by atoms with Crippen molar-refractivity contribution in [3.05, 3.63) is 67.7 Å². The van der Waals surface area contributed by atoms with Crippen molar-refractivity contribution in [2.24, 2.45) is 0 Å². The molecule has 3 aromatic rings. The molecule has 1 fully saturated rings. The first kappa shape index (κ1) is 19.5. The Morgan fingerprint density at radius 2 is 2.17 bits per heavy atom. The van der Waals surface area contributed by atoms with Crippen LogP contribution in [-0.2, 0) is 11.2 Å². The Morgan fingerprint density at radius 3 is 2.79 bits per heavy atom. The van der Waals surface area contributed by atoms with Crippen LogP contribution < -0.4 is 5.43 Å². The van der Waals surface area contributed by atoms with E-state index in [0.29, 0.717) is 23.4 Å². The fourth-order valence-corrected chi connectivity index (χ4v) is 4.32. The van der Waals surface area contributed by atoms with Crippen molar-refractivity contribution in [3.8, 4) is 0 Å². The second kappa shape index (κ2) is 7.55. The smallest absolute Gasteiger partial charge is 0.328 e. The molecule has 0 spiro atoms. The fraction of sp³-hybridized carbons (Fsp3) is 0.318. The molecule has 5 nitrogen and oxygen atoms in total. The molecule has 0 atom stereocenters.